The third-order valence-corrected chi connectivity index (χ3v) is 3.68. The van der Waals surface area contributed by atoms with Gasteiger partial charge < -0.3 is 15.7 Å². The summed E-state index contributed by atoms with van der Waals surface area (Å²) in [5.41, 5.74) is 8.43. The molecule has 5 heteroatoms. The molecule has 0 aliphatic heterocycles. The van der Waals surface area contributed by atoms with Gasteiger partial charge in [-0.25, -0.2) is 0 Å². The van der Waals surface area contributed by atoms with E-state index in [1.807, 2.05) is 47.4 Å². The molecule has 0 saturated heterocycles. The van der Waals surface area contributed by atoms with Crippen molar-refractivity contribution in [1.29, 1.82) is 0 Å². The van der Waals surface area contributed by atoms with Crippen LogP contribution in [0.25, 0.3) is 0 Å². The molecule has 3 nitrogen and oxygen atoms in total. The first-order chi connectivity index (χ1) is 10.1. The van der Waals surface area contributed by atoms with Crippen LogP contribution in [0.3, 0.4) is 0 Å². The minimum atomic E-state index is 0.0378. The van der Waals surface area contributed by atoms with E-state index in [2.05, 4.69) is 0 Å². The van der Waals surface area contributed by atoms with Crippen molar-refractivity contribution in [2.24, 2.45) is 5.73 Å². The van der Waals surface area contributed by atoms with Crippen LogP contribution >= 0.6 is 23.8 Å². The third kappa shape index (κ3) is 3.94. The number of halogens is 1. The molecule has 0 aliphatic rings. The van der Waals surface area contributed by atoms with Gasteiger partial charge in [-0.1, -0.05) is 60.2 Å². The number of thiocarbonyl (C=S) groups is 1. The molecule has 0 aliphatic carbocycles. The summed E-state index contributed by atoms with van der Waals surface area (Å²) in [6.45, 7) is 1.17. The number of anilines is 1. The predicted octanol–water partition coefficient (Wildman–Crippen LogP) is 2.97. The Labute approximate surface area is 135 Å². The van der Waals surface area contributed by atoms with Crippen LogP contribution in [0.2, 0.25) is 5.02 Å². The van der Waals surface area contributed by atoms with Crippen molar-refractivity contribution < 1.29 is 5.11 Å². The van der Waals surface area contributed by atoms with Crippen LogP contribution in [-0.2, 0) is 6.54 Å². The van der Waals surface area contributed by atoms with Gasteiger partial charge in [0.25, 0.3) is 0 Å². The Balaban J connectivity index is 2.39. The molecular weight excluding hydrogens is 304 g/mol. The van der Waals surface area contributed by atoms with E-state index >= 15 is 0 Å². The van der Waals surface area contributed by atoms with Gasteiger partial charge in [0, 0.05) is 18.8 Å². The van der Waals surface area contributed by atoms with Crippen LogP contribution in [0, 0.1) is 0 Å². The second kappa shape index (κ2) is 7.41. The molecule has 0 spiro atoms. The van der Waals surface area contributed by atoms with Crippen molar-refractivity contribution in [1.82, 2.24) is 0 Å². The lowest BCUT2D eigenvalue weighted by Gasteiger charge is -2.27. The Kier molecular flexibility index (Phi) is 5.56. The molecule has 0 radical (unpaired) electrons. The maximum Gasteiger partial charge on any atom is 0.107 e. The van der Waals surface area contributed by atoms with Crippen molar-refractivity contribution in [2.45, 2.75) is 6.54 Å². The fourth-order valence-electron chi connectivity index (χ4n) is 2.23. The normalized spacial score (nSPS) is 10.4. The minimum absolute atomic E-state index is 0.0378. The van der Waals surface area contributed by atoms with Gasteiger partial charge in [-0.15, -0.1) is 0 Å². The molecule has 0 aromatic heterocycles. The molecule has 3 N–H and O–H groups in total. The highest BCUT2D eigenvalue weighted by Gasteiger charge is 2.15. The molecule has 2 aromatic carbocycles. The van der Waals surface area contributed by atoms with Crippen molar-refractivity contribution in [2.75, 3.05) is 18.1 Å². The van der Waals surface area contributed by atoms with E-state index < -0.39 is 0 Å². The largest absolute Gasteiger partial charge is 0.395 e. The SMILES string of the molecule is NC(=S)c1c(Cl)cccc1N(CCO)Cc1ccccc1. The number of hydrogen-bond donors (Lipinski definition) is 2. The fraction of sp³-hybridized carbons (Fsp3) is 0.188. The first kappa shape index (κ1) is 15.8. The Bertz CT molecular complexity index is 619. The molecule has 110 valence electrons. The maximum atomic E-state index is 9.34. The first-order valence-electron chi connectivity index (χ1n) is 6.61. The van der Waals surface area contributed by atoms with Crippen molar-refractivity contribution >= 4 is 34.5 Å². The second-order valence-corrected chi connectivity index (χ2v) is 5.48. The molecule has 2 aromatic rings. The summed E-state index contributed by atoms with van der Waals surface area (Å²) in [5, 5.41) is 9.86. The molecule has 0 fully saturated rings. The fourth-order valence-corrected chi connectivity index (χ4v) is 2.77. The van der Waals surface area contributed by atoms with Crippen LogP contribution in [-0.4, -0.2) is 23.2 Å². The zero-order chi connectivity index (χ0) is 15.2. The van der Waals surface area contributed by atoms with Gasteiger partial charge in [-0.05, 0) is 17.7 Å². The number of benzene rings is 2. The highest BCUT2D eigenvalue weighted by atomic mass is 35.5. The summed E-state index contributed by atoms with van der Waals surface area (Å²) in [5.74, 6) is 0. The van der Waals surface area contributed by atoms with E-state index in [0.717, 1.165) is 11.3 Å². The number of nitrogens with zero attached hydrogens (tertiary/aromatic N) is 1. The molecule has 0 saturated carbocycles. The third-order valence-electron chi connectivity index (χ3n) is 3.16. The Morgan fingerprint density at radius 1 is 1.14 bits per heavy atom. The molecule has 21 heavy (non-hydrogen) atoms. The molecule has 0 bridgehead atoms. The van der Waals surface area contributed by atoms with E-state index in [0.29, 0.717) is 23.7 Å². The van der Waals surface area contributed by atoms with Gasteiger partial charge >= 0.3 is 0 Å². The molecule has 0 heterocycles. The van der Waals surface area contributed by atoms with Gasteiger partial charge in [0.1, 0.15) is 4.99 Å². The number of hydrogen-bond acceptors (Lipinski definition) is 3. The quantitative estimate of drug-likeness (QED) is 0.803. The van der Waals surface area contributed by atoms with E-state index in [1.54, 1.807) is 6.07 Å². The standard InChI is InChI=1S/C16H17ClN2OS/c17-13-7-4-8-14(15(13)16(18)21)19(9-10-20)11-12-5-2-1-3-6-12/h1-8,20H,9-11H2,(H2,18,21). The second-order valence-electron chi connectivity index (χ2n) is 4.63. The zero-order valence-electron chi connectivity index (χ0n) is 11.5. The van der Waals surface area contributed by atoms with Crippen LogP contribution in [0.5, 0.6) is 0 Å². The number of aliphatic hydroxyl groups excluding tert-OH is 1. The molecular formula is C16H17ClN2OS. The van der Waals surface area contributed by atoms with Crippen LogP contribution < -0.4 is 10.6 Å². The van der Waals surface area contributed by atoms with Crippen molar-refractivity contribution in [3.8, 4) is 0 Å². The lowest BCUT2D eigenvalue weighted by molar-refractivity contribution is 0.301. The van der Waals surface area contributed by atoms with Crippen molar-refractivity contribution in [3.05, 3.63) is 64.7 Å². The molecule has 0 amide bonds. The van der Waals surface area contributed by atoms with Gasteiger partial charge in [-0.2, -0.15) is 0 Å². The summed E-state index contributed by atoms with van der Waals surface area (Å²) in [7, 11) is 0. The van der Waals surface area contributed by atoms with Crippen LogP contribution in [0.15, 0.2) is 48.5 Å². The molecule has 0 atom stereocenters. The zero-order valence-corrected chi connectivity index (χ0v) is 13.1. The molecule has 2 rings (SSSR count). The van der Waals surface area contributed by atoms with Gasteiger partial charge in [0.15, 0.2) is 0 Å². The average molecular weight is 321 g/mol. The summed E-state index contributed by atoms with van der Waals surface area (Å²) >= 11 is 11.3. The highest BCUT2D eigenvalue weighted by Crippen LogP contribution is 2.28. The first-order valence-corrected chi connectivity index (χ1v) is 7.40. The lowest BCUT2D eigenvalue weighted by atomic mass is 10.1. The van der Waals surface area contributed by atoms with E-state index in [9.17, 15) is 5.11 Å². The topological polar surface area (TPSA) is 49.5 Å². The van der Waals surface area contributed by atoms with Gasteiger partial charge in [0.05, 0.1) is 17.2 Å². The Hall–Kier alpha value is -1.62. The number of nitrogens with two attached hydrogens (primary N) is 1. The lowest BCUT2D eigenvalue weighted by Crippen LogP contribution is -2.28. The average Bonchev–Trinajstić information content (AvgIpc) is 2.47. The van der Waals surface area contributed by atoms with E-state index in [1.165, 1.54) is 0 Å². The van der Waals surface area contributed by atoms with E-state index in [4.69, 9.17) is 29.6 Å². The van der Waals surface area contributed by atoms with Crippen molar-refractivity contribution in [3.63, 3.8) is 0 Å². The minimum Gasteiger partial charge on any atom is -0.395 e. The van der Waals surface area contributed by atoms with Gasteiger partial charge in [-0.3, -0.25) is 0 Å². The van der Waals surface area contributed by atoms with E-state index in [-0.39, 0.29) is 11.6 Å². The number of aliphatic hydroxyl groups is 1. The summed E-state index contributed by atoms with van der Waals surface area (Å²) in [6, 6.07) is 15.6. The smallest absolute Gasteiger partial charge is 0.107 e. The van der Waals surface area contributed by atoms with Crippen LogP contribution in [0.4, 0.5) is 5.69 Å². The summed E-state index contributed by atoms with van der Waals surface area (Å²) < 4.78 is 0. The van der Waals surface area contributed by atoms with Gasteiger partial charge in [0.2, 0.25) is 0 Å². The summed E-state index contributed by atoms with van der Waals surface area (Å²) in [6.07, 6.45) is 0. The Morgan fingerprint density at radius 2 is 1.86 bits per heavy atom. The highest BCUT2D eigenvalue weighted by molar-refractivity contribution is 7.80. The predicted molar refractivity (Wildman–Crippen MR) is 91.9 cm³/mol. The summed E-state index contributed by atoms with van der Waals surface area (Å²) in [4.78, 5) is 2.28. The number of rotatable bonds is 6. The van der Waals surface area contributed by atoms with Crippen LogP contribution in [0.1, 0.15) is 11.1 Å². The molecule has 0 unspecified atom stereocenters. The monoisotopic (exact) mass is 320 g/mol. The Morgan fingerprint density at radius 3 is 2.48 bits per heavy atom. The maximum absolute atomic E-state index is 9.34.